The monoisotopic (exact) mass is 186 g/mol. The van der Waals surface area contributed by atoms with Crippen molar-refractivity contribution in [3.63, 3.8) is 0 Å². The molecule has 0 N–H and O–H groups in total. The standard InChI is InChI=1S/C10H6N2O2/c13-9-6-8(10(14)12-11-9)7-4-2-1-3-5-7/h1-6H. The third-order valence-electron chi connectivity index (χ3n) is 1.82. The highest BCUT2D eigenvalue weighted by atomic mass is 16.2. The van der Waals surface area contributed by atoms with Crippen LogP contribution < -0.4 is 0 Å². The molecule has 4 nitrogen and oxygen atoms in total. The number of carbonyl (C=O) groups is 2. The fourth-order valence-corrected chi connectivity index (χ4v) is 1.19. The maximum absolute atomic E-state index is 11.3. The minimum Gasteiger partial charge on any atom is -0.266 e. The lowest BCUT2D eigenvalue weighted by molar-refractivity contribution is -0.118. The lowest BCUT2D eigenvalue weighted by Crippen LogP contribution is -2.05. The second kappa shape index (κ2) is 3.33. The molecule has 14 heavy (non-hydrogen) atoms. The Morgan fingerprint density at radius 1 is 0.929 bits per heavy atom. The molecule has 1 aliphatic heterocycles. The van der Waals surface area contributed by atoms with Crippen LogP contribution in [0.15, 0.2) is 46.6 Å². The highest BCUT2D eigenvalue weighted by Crippen LogP contribution is 2.18. The van der Waals surface area contributed by atoms with Gasteiger partial charge in [-0.1, -0.05) is 30.3 Å². The number of azo groups is 1. The first-order chi connectivity index (χ1) is 6.77. The van der Waals surface area contributed by atoms with Crippen LogP contribution in [0.25, 0.3) is 5.57 Å². The van der Waals surface area contributed by atoms with Gasteiger partial charge in [0.15, 0.2) is 0 Å². The van der Waals surface area contributed by atoms with Crippen molar-refractivity contribution >= 4 is 17.4 Å². The molecule has 0 aromatic heterocycles. The van der Waals surface area contributed by atoms with Gasteiger partial charge in [0, 0.05) is 6.08 Å². The summed E-state index contributed by atoms with van der Waals surface area (Å²) in [5, 5.41) is 6.38. The van der Waals surface area contributed by atoms with E-state index < -0.39 is 11.8 Å². The van der Waals surface area contributed by atoms with E-state index >= 15 is 0 Å². The molecule has 1 aliphatic rings. The quantitative estimate of drug-likeness (QED) is 0.668. The summed E-state index contributed by atoms with van der Waals surface area (Å²) >= 11 is 0. The van der Waals surface area contributed by atoms with E-state index in [2.05, 4.69) is 10.2 Å². The van der Waals surface area contributed by atoms with Crippen molar-refractivity contribution in [3.05, 3.63) is 42.0 Å². The van der Waals surface area contributed by atoms with Crippen LogP contribution in [0.2, 0.25) is 0 Å². The Morgan fingerprint density at radius 2 is 1.64 bits per heavy atom. The Hall–Kier alpha value is -2.10. The number of rotatable bonds is 1. The van der Waals surface area contributed by atoms with Crippen LogP contribution in [-0.2, 0) is 9.59 Å². The molecule has 0 aliphatic carbocycles. The summed E-state index contributed by atoms with van der Waals surface area (Å²) < 4.78 is 0. The van der Waals surface area contributed by atoms with Crippen molar-refractivity contribution in [1.82, 2.24) is 0 Å². The topological polar surface area (TPSA) is 58.9 Å². The molecular weight excluding hydrogens is 180 g/mol. The zero-order valence-electron chi connectivity index (χ0n) is 7.18. The first-order valence-corrected chi connectivity index (χ1v) is 4.04. The van der Waals surface area contributed by atoms with Gasteiger partial charge in [-0.05, 0) is 5.56 Å². The summed E-state index contributed by atoms with van der Waals surface area (Å²) in [5.74, 6) is -0.973. The minimum absolute atomic E-state index is 0.297. The molecular formula is C10H6N2O2. The normalized spacial score (nSPS) is 15.6. The Labute approximate surface area is 80.0 Å². The van der Waals surface area contributed by atoms with Crippen molar-refractivity contribution < 1.29 is 9.59 Å². The van der Waals surface area contributed by atoms with Gasteiger partial charge in [0.05, 0.1) is 5.57 Å². The molecule has 68 valence electrons. The minimum atomic E-state index is -0.497. The zero-order chi connectivity index (χ0) is 9.97. The van der Waals surface area contributed by atoms with Crippen molar-refractivity contribution in [2.24, 2.45) is 10.2 Å². The van der Waals surface area contributed by atoms with Crippen LogP contribution in [0.4, 0.5) is 0 Å². The lowest BCUT2D eigenvalue weighted by Gasteiger charge is -2.03. The first kappa shape index (κ1) is 8.50. The fourth-order valence-electron chi connectivity index (χ4n) is 1.19. The Kier molecular flexibility index (Phi) is 2.02. The Morgan fingerprint density at radius 3 is 2.36 bits per heavy atom. The SMILES string of the molecule is O=C1C=C(c2ccccc2)C(=O)N=N1. The summed E-state index contributed by atoms with van der Waals surface area (Å²) in [6.07, 6.45) is 1.20. The van der Waals surface area contributed by atoms with Crippen molar-refractivity contribution in [2.45, 2.75) is 0 Å². The van der Waals surface area contributed by atoms with Gasteiger partial charge in [-0.25, -0.2) is 0 Å². The molecule has 0 fully saturated rings. The van der Waals surface area contributed by atoms with E-state index in [0.717, 1.165) is 0 Å². The summed E-state index contributed by atoms with van der Waals surface area (Å²) in [6, 6.07) is 8.91. The average Bonchev–Trinajstić information content (AvgIpc) is 2.23. The molecule has 1 aromatic rings. The van der Waals surface area contributed by atoms with Gasteiger partial charge in [0.2, 0.25) is 0 Å². The molecule has 1 heterocycles. The van der Waals surface area contributed by atoms with Gasteiger partial charge in [0.1, 0.15) is 0 Å². The van der Waals surface area contributed by atoms with Crippen molar-refractivity contribution in [2.75, 3.05) is 0 Å². The van der Waals surface area contributed by atoms with Crippen molar-refractivity contribution in [1.29, 1.82) is 0 Å². The number of benzene rings is 1. The second-order valence-electron chi connectivity index (χ2n) is 2.77. The Balaban J connectivity index is 2.45. The van der Waals surface area contributed by atoms with Gasteiger partial charge in [-0.2, -0.15) is 0 Å². The van der Waals surface area contributed by atoms with E-state index in [1.165, 1.54) is 6.08 Å². The molecule has 0 spiro atoms. The molecule has 0 saturated carbocycles. The number of hydrogen-bond donors (Lipinski definition) is 0. The van der Waals surface area contributed by atoms with E-state index in [1.54, 1.807) is 24.3 Å². The molecule has 0 bridgehead atoms. The smallest absolute Gasteiger partial charge is 0.266 e. The molecule has 0 saturated heterocycles. The fraction of sp³-hybridized carbons (Fsp3) is 0. The number of carbonyl (C=O) groups excluding carboxylic acids is 2. The van der Waals surface area contributed by atoms with E-state index in [1.807, 2.05) is 6.07 Å². The Bertz CT molecular complexity index is 446. The number of amides is 2. The molecule has 0 atom stereocenters. The van der Waals surface area contributed by atoms with Gasteiger partial charge < -0.3 is 0 Å². The molecule has 2 rings (SSSR count). The number of hydrogen-bond acceptors (Lipinski definition) is 2. The van der Waals surface area contributed by atoms with Crippen LogP contribution in [-0.4, -0.2) is 11.8 Å². The van der Waals surface area contributed by atoms with E-state index in [-0.39, 0.29) is 0 Å². The van der Waals surface area contributed by atoms with Crippen LogP contribution in [0.5, 0.6) is 0 Å². The van der Waals surface area contributed by atoms with Crippen LogP contribution in [0.3, 0.4) is 0 Å². The highest BCUT2D eigenvalue weighted by molar-refractivity contribution is 6.25. The number of nitrogens with zero attached hydrogens (tertiary/aromatic N) is 2. The van der Waals surface area contributed by atoms with Gasteiger partial charge >= 0.3 is 0 Å². The van der Waals surface area contributed by atoms with Crippen molar-refractivity contribution in [3.8, 4) is 0 Å². The molecule has 0 unspecified atom stereocenters. The third kappa shape index (κ3) is 1.50. The van der Waals surface area contributed by atoms with Crippen LogP contribution >= 0.6 is 0 Å². The van der Waals surface area contributed by atoms with E-state index in [9.17, 15) is 9.59 Å². The summed E-state index contributed by atoms with van der Waals surface area (Å²) in [7, 11) is 0. The molecule has 2 amide bonds. The first-order valence-electron chi connectivity index (χ1n) is 4.04. The second-order valence-corrected chi connectivity index (χ2v) is 2.77. The van der Waals surface area contributed by atoms with Gasteiger partial charge in [-0.15, -0.1) is 10.2 Å². The predicted octanol–water partition coefficient (Wildman–Crippen LogP) is 1.59. The van der Waals surface area contributed by atoms with Crippen LogP contribution in [0.1, 0.15) is 5.56 Å². The lowest BCUT2D eigenvalue weighted by atomic mass is 10.0. The molecule has 4 heteroatoms. The predicted molar refractivity (Wildman–Crippen MR) is 49.3 cm³/mol. The maximum Gasteiger partial charge on any atom is 0.296 e. The summed E-state index contributed by atoms with van der Waals surface area (Å²) in [6.45, 7) is 0. The van der Waals surface area contributed by atoms with Crippen LogP contribution in [0, 0.1) is 0 Å². The van der Waals surface area contributed by atoms with E-state index in [4.69, 9.17) is 0 Å². The van der Waals surface area contributed by atoms with Gasteiger partial charge in [-0.3, -0.25) is 9.59 Å². The zero-order valence-corrected chi connectivity index (χ0v) is 7.18. The maximum atomic E-state index is 11.3. The van der Waals surface area contributed by atoms with Gasteiger partial charge in [0.25, 0.3) is 11.8 Å². The average molecular weight is 186 g/mol. The van der Waals surface area contributed by atoms with E-state index in [0.29, 0.717) is 11.1 Å². The highest BCUT2D eigenvalue weighted by Gasteiger charge is 2.17. The largest absolute Gasteiger partial charge is 0.296 e. The summed E-state index contributed by atoms with van der Waals surface area (Å²) in [4.78, 5) is 22.2. The third-order valence-corrected chi connectivity index (χ3v) is 1.82. The summed E-state index contributed by atoms with van der Waals surface area (Å²) in [5.41, 5.74) is 0.982. The molecule has 1 aromatic carbocycles. The molecule has 0 radical (unpaired) electrons.